The summed E-state index contributed by atoms with van der Waals surface area (Å²) >= 11 is 0. The molecule has 0 aromatic heterocycles. The fraction of sp³-hybridized carbons (Fsp3) is 0.867. The number of esters is 1. The highest BCUT2D eigenvalue weighted by atomic mass is 16.5. The molecule has 1 atom stereocenters. The predicted molar refractivity (Wildman–Crippen MR) is 78.5 cm³/mol. The molecule has 0 bridgehead atoms. The minimum absolute atomic E-state index is 0.0462. The van der Waals surface area contributed by atoms with Crippen LogP contribution in [0.2, 0.25) is 0 Å². The first-order valence-corrected chi connectivity index (χ1v) is 7.72. The van der Waals surface area contributed by atoms with Crippen LogP contribution in [0.3, 0.4) is 0 Å². The standard InChI is InChI=1S/C15H28N2O3/c1-4-12(2)17(11-10-14(18)20-3)15(19)16-13-8-6-5-7-9-13/h12-13H,4-11H2,1-3H3,(H,16,19). The quantitative estimate of drug-likeness (QED) is 0.763. The lowest BCUT2D eigenvalue weighted by Gasteiger charge is -2.31. The van der Waals surface area contributed by atoms with Crippen LogP contribution in [0.25, 0.3) is 0 Å². The number of hydrogen-bond acceptors (Lipinski definition) is 3. The average Bonchev–Trinajstić information content (AvgIpc) is 2.47. The Balaban J connectivity index is 2.52. The van der Waals surface area contributed by atoms with Gasteiger partial charge in [-0.15, -0.1) is 0 Å². The van der Waals surface area contributed by atoms with Gasteiger partial charge in [0.05, 0.1) is 13.5 Å². The Bertz CT molecular complexity index is 314. The number of carbonyl (C=O) groups is 2. The van der Waals surface area contributed by atoms with Crippen molar-refractivity contribution in [1.29, 1.82) is 0 Å². The average molecular weight is 284 g/mol. The maximum atomic E-state index is 12.4. The summed E-state index contributed by atoms with van der Waals surface area (Å²) in [5, 5.41) is 3.11. The molecule has 0 aliphatic heterocycles. The number of hydrogen-bond donors (Lipinski definition) is 1. The summed E-state index contributed by atoms with van der Waals surface area (Å²) in [6, 6.07) is 0.374. The molecule has 5 nitrogen and oxygen atoms in total. The zero-order valence-electron chi connectivity index (χ0n) is 13.0. The van der Waals surface area contributed by atoms with Gasteiger partial charge in [-0.1, -0.05) is 26.2 Å². The van der Waals surface area contributed by atoms with Gasteiger partial charge in [-0.05, 0) is 26.2 Å². The molecule has 1 N–H and O–H groups in total. The van der Waals surface area contributed by atoms with Crippen LogP contribution in [0.4, 0.5) is 4.79 Å². The van der Waals surface area contributed by atoms with Gasteiger partial charge in [-0.25, -0.2) is 4.79 Å². The number of ether oxygens (including phenoxy) is 1. The monoisotopic (exact) mass is 284 g/mol. The van der Waals surface area contributed by atoms with Gasteiger partial charge in [-0.3, -0.25) is 4.79 Å². The highest BCUT2D eigenvalue weighted by Crippen LogP contribution is 2.18. The lowest BCUT2D eigenvalue weighted by atomic mass is 9.96. The number of amides is 2. The number of nitrogens with one attached hydrogen (secondary N) is 1. The van der Waals surface area contributed by atoms with Crippen molar-refractivity contribution >= 4 is 12.0 Å². The smallest absolute Gasteiger partial charge is 0.317 e. The van der Waals surface area contributed by atoms with Crippen molar-refractivity contribution in [2.45, 2.75) is 70.9 Å². The minimum Gasteiger partial charge on any atom is -0.469 e. The minimum atomic E-state index is -0.274. The van der Waals surface area contributed by atoms with Crippen LogP contribution >= 0.6 is 0 Å². The van der Waals surface area contributed by atoms with Crippen LogP contribution < -0.4 is 5.32 Å². The molecule has 1 fully saturated rings. The third-order valence-electron chi connectivity index (χ3n) is 4.10. The summed E-state index contributed by atoms with van der Waals surface area (Å²) in [6.45, 7) is 4.47. The molecule has 0 aromatic carbocycles. The fourth-order valence-corrected chi connectivity index (χ4v) is 2.56. The van der Waals surface area contributed by atoms with E-state index in [1.54, 1.807) is 4.90 Å². The van der Waals surface area contributed by atoms with Crippen LogP contribution in [0, 0.1) is 0 Å². The first-order valence-electron chi connectivity index (χ1n) is 7.72. The Morgan fingerprint density at radius 1 is 1.30 bits per heavy atom. The summed E-state index contributed by atoms with van der Waals surface area (Å²) in [6.07, 6.45) is 6.91. The van der Waals surface area contributed by atoms with Gasteiger partial charge in [0.2, 0.25) is 0 Å². The van der Waals surface area contributed by atoms with Crippen LogP contribution in [-0.4, -0.2) is 42.6 Å². The lowest BCUT2D eigenvalue weighted by Crippen LogP contribution is -2.49. The van der Waals surface area contributed by atoms with E-state index in [9.17, 15) is 9.59 Å². The second-order valence-corrected chi connectivity index (χ2v) is 5.56. The number of urea groups is 1. The van der Waals surface area contributed by atoms with E-state index in [0.717, 1.165) is 19.3 Å². The van der Waals surface area contributed by atoms with E-state index >= 15 is 0 Å². The summed E-state index contributed by atoms with van der Waals surface area (Å²) in [7, 11) is 1.37. The van der Waals surface area contributed by atoms with E-state index in [2.05, 4.69) is 10.1 Å². The summed E-state index contributed by atoms with van der Waals surface area (Å²) in [5.41, 5.74) is 0. The largest absolute Gasteiger partial charge is 0.469 e. The van der Waals surface area contributed by atoms with Crippen LogP contribution in [-0.2, 0) is 9.53 Å². The molecule has 0 heterocycles. The maximum Gasteiger partial charge on any atom is 0.317 e. The zero-order chi connectivity index (χ0) is 15.0. The molecule has 0 spiro atoms. The van der Waals surface area contributed by atoms with E-state index in [1.807, 2.05) is 13.8 Å². The van der Waals surface area contributed by atoms with Crippen molar-refractivity contribution < 1.29 is 14.3 Å². The summed E-state index contributed by atoms with van der Waals surface area (Å²) < 4.78 is 4.65. The topological polar surface area (TPSA) is 58.6 Å². The molecule has 1 aliphatic carbocycles. The maximum absolute atomic E-state index is 12.4. The van der Waals surface area contributed by atoms with Crippen molar-refractivity contribution in [2.75, 3.05) is 13.7 Å². The van der Waals surface area contributed by atoms with Gasteiger partial charge >= 0.3 is 12.0 Å². The van der Waals surface area contributed by atoms with E-state index < -0.39 is 0 Å². The van der Waals surface area contributed by atoms with Gasteiger partial charge in [0.15, 0.2) is 0 Å². The summed E-state index contributed by atoms with van der Waals surface area (Å²) in [4.78, 5) is 25.4. The molecule has 0 aromatic rings. The number of nitrogens with zero attached hydrogens (tertiary/aromatic N) is 1. The van der Waals surface area contributed by atoms with Gasteiger partial charge in [-0.2, -0.15) is 0 Å². The summed E-state index contributed by atoms with van der Waals surface area (Å²) in [5.74, 6) is -0.274. The van der Waals surface area contributed by atoms with Crippen molar-refractivity contribution in [1.82, 2.24) is 10.2 Å². The van der Waals surface area contributed by atoms with E-state index in [4.69, 9.17) is 0 Å². The van der Waals surface area contributed by atoms with Crippen molar-refractivity contribution in [2.24, 2.45) is 0 Å². The van der Waals surface area contributed by atoms with Gasteiger partial charge in [0.25, 0.3) is 0 Å². The Morgan fingerprint density at radius 2 is 1.95 bits per heavy atom. The van der Waals surface area contributed by atoms with Crippen molar-refractivity contribution in [3.8, 4) is 0 Å². The normalized spacial score (nSPS) is 17.4. The van der Waals surface area contributed by atoms with Crippen molar-refractivity contribution in [3.63, 3.8) is 0 Å². The molecular formula is C15H28N2O3. The third kappa shape index (κ3) is 5.39. The zero-order valence-corrected chi connectivity index (χ0v) is 13.0. The number of carbonyl (C=O) groups excluding carboxylic acids is 2. The number of rotatable bonds is 6. The molecule has 1 unspecified atom stereocenters. The Hall–Kier alpha value is -1.26. The molecule has 1 aliphatic rings. The molecule has 1 saturated carbocycles. The Kier molecular flexibility index (Phi) is 7.41. The van der Waals surface area contributed by atoms with Crippen LogP contribution in [0.1, 0.15) is 58.8 Å². The highest BCUT2D eigenvalue weighted by molar-refractivity contribution is 5.76. The fourth-order valence-electron chi connectivity index (χ4n) is 2.56. The molecule has 0 saturated heterocycles. The van der Waals surface area contributed by atoms with E-state index in [-0.39, 0.29) is 24.5 Å². The second-order valence-electron chi connectivity index (χ2n) is 5.56. The number of methoxy groups -OCH3 is 1. The van der Waals surface area contributed by atoms with Gasteiger partial charge in [0, 0.05) is 18.6 Å². The molecule has 20 heavy (non-hydrogen) atoms. The van der Waals surface area contributed by atoms with Gasteiger partial charge < -0.3 is 15.0 Å². The van der Waals surface area contributed by atoms with Crippen LogP contribution in [0.5, 0.6) is 0 Å². The molecule has 0 radical (unpaired) electrons. The third-order valence-corrected chi connectivity index (χ3v) is 4.10. The van der Waals surface area contributed by atoms with E-state index in [1.165, 1.54) is 26.4 Å². The highest BCUT2D eigenvalue weighted by Gasteiger charge is 2.23. The lowest BCUT2D eigenvalue weighted by molar-refractivity contribution is -0.140. The van der Waals surface area contributed by atoms with Crippen molar-refractivity contribution in [3.05, 3.63) is 0 Å². The molecule has 1 rings (SSSR count). The molecular weight excluding hydrogens is 256 g/mol. The first-order chi connectivity index (χ1) is 9.58. The Morgan fingerprint density at radius 3 is 2.50 bits per heavy atom. The Labute approximate surface area is 122 Å². The molecule has 116 valence electrons. The molecule has 5 heteroatoms. The van der Waals surface area contributed by atoms with Gasteiger partial charge in [0.1, 0.15) is 0 Å². The second kappa shape index (κ2) is 8.82. The van der Waals surface area contributed by atoms with E-state index in [0.29, 0.717) is 12.6 Å². The molecule has 2 amide bonds. The SMILES string of the molecule is CCC(C)N(CCC(=O)OC)C(=O)NC1CCCCC1. The first kappa shape index (κ1) is 16.8. The van der Waals surface area contributed by atoms with Crippen LogP contribution in [0.15, 0.2) is 0 Å². The predicted octanol–water partition coefficient (Wildman–Crippen LogP) is 2.69.